The van der Waals surface area contributed by atoms with Gasteiger partial charge in [0, 0.05) is 45.5 Å². The van der Waals surface area contributed by atoms with E-state index in [4.69, 9.17) is 4.74 Å². The van der Waals surface area contributed by atoms with Crippen molar-refractivity contribution in [1.82, 2.24) is 10.2 Å². The van der Waals surface area contributed by atoms with Gasteiger partial charge in [0.1, 0.15) is 0 Å². The van der Waals surface area contributed by atoms with E-state index in [9.17, 15) is 4.79 Å². The third kappa shape index (κ3) is 4.13. The molecule has 0 aliphatic carbocycles. The molecule has 0 unspecified atom stereocenters. The first-order chi connectivity index (χ1) is 10.6. The summed E-state index contributed by atoms with van der Waals surface area (Å²) in [6.07, 6.45) is 0. The van der Waals surface area contributed by atoms with Crippen molar-refractivity contribution >= 4 is 11.7 Å². The highest BCUT2D eigenvalue weighted by Crippen LogP contribution is 2.27. The molecule has 5 heteroatoms. The molecule has 2 rings (SSSR count). The number of hydrogen-bond donors (Lipinski definition) is 1. The van der Waals surface area contributed by atoms with Gasteiger partial charge in [-0.15, -0.1) is 0 Å². The van der Waals surface area contributed by atoms with E-state index in [2.05, 4.69) is 48.3 Å². The predicted molar refractivity (Wildman–Crippen MR) is 89.6 cm³/mol. The van der Waals surface area contributed by atoms with Crippen LogP contribution in [0.2, 0.25) is 0 Å². The monoisotopic (exact) mass is 305 g/mol. The standard InChI is InChI=1S/C17H27N3O2/c1-14(2)15-6-4-5-7-16(15)19-9-11-20(12-10-19)17(21)18-8-13-22-3/h4-7,14H,8-13H2,1-3H3,(H,18,21). The van der Waals surface area contributed by atoms with Crippen molar-refractivity contribution in [1.29, 1.82) is 0 Å². The number of para-hydroxylation sites is 1. The van der Waals surface area contributed by atoms with Crippen LogP contribution in [-0.2, 0) is 4.74 Å². The molecule has 2 amide bonds. The van der Waals surface area contributed by atoms with Gasteiger partial charge in [-0.05, 0) is 17.5 Å². The van der Waals surface area contributed by atoms with Gasteiger partial charge in [0.25, 0.3) is 0 Å². The van der Waals surface area contributed by atoms with Crippen molar-refractivity contribution in [3.63, 3.8) is 0 Å². The highest BCUT2D eigenvalue weighted by molar-refractivity contribution is 5.74. The first kappa shape index (κ1) is 16.6. The Morgan fingerprint density at radius 3 is 2.55 bits per heavy atom. The van der Waals surface area contributed by atoms with Crippen molar-refractivity contribution in [3.05, 3.63) is 29.8 Å². The topological polar surface area (TPSA) is 44.8 Å². The average Bonchev–Trinajstić information content (AvgIpc) is 2.55. The van der Waals surface area contributed by atoms with Gasteiger partial charge in [-0.25, -0.2) is 4.79 Å². The molecule has 1 aromatic rings. The summed E-state index contributed by atoms with van der Waals surface area (Å²) in [6, 6.07) is 8.57. The fourth-order valence-corrected chi connectivity index (χ4v) is 2.79. The van der Waals surface area contributed by atoms with Gasteiger partial charge in [-0.3, -0.25) is 0 Å². The number of piperazine rings is 1. The van der Waals surface area contributed by atoms with Crippen LogP contribution in [0.5, 0.6) is 0 Å². The van der Waals surface area contributed by atoms with Gasteiger partial charge in [0.2, 0.25) is 0 Å². The Kier molecular flexibility index (Phi) is 6.07. The van der Waals surface area contributed by atoms with Gasteiger partial charge in [-0.1, -0.05) is 32.0 Å². The maximum Gasteiger partial charge on any atom is 0.317 e. The van der Waals surface area contributed by atoms with Gasteiger partial charge in [0.05, 0.1) is 6.61 Å². The average molecular weight is 305 g/mol. The fourth-order valence-electron chi connectivity index (χ4n) is 2.79. The van der Waals surface area contributed by atoms with E-state index in [0.29, 0.717) is 19.1 Å². The minimum atomic E-state index is 0.00819. The summed E-state index contributed by atoms with van der Waals surface area (Å²) >= 11 is 0. The third-order valence-electron chi connectivity index (χ3n) is 4.05. The third-order valence-corrected chi connectivity index (χ3v) is 4.05. The normalized spacial score (nSPS) is 15.3. The Labute approximate surface area is 133 Å². The highest BCUT2D eigenvalue weighted by Gasteiger charge is 2.22. The maximum atomic E-state index is 12.0. The van der Waals surface area contributed by atoms with Gasteiger partial charge >= 0.3 is 6.03 Å². The lowest BCUT2D eigenvalue weighted by molar-refractivity contribution is 0.177. The van der Waals surface area contributed by atoms with Crippen molar-refractivity contribution in [2.75, 3.05) is 51.3 Å². The minimum absolute atomic E-state index is 0.00819. The molecule has 1 heterocycles. The molecular weight excluding hydrogens is 278 g/mol. The predicted octanol–water partition coefficient (Wildman–Crippen LogP) is 2.29. The summed E-state index contributed by atoms with van der Waals surface area (Å²) in [5.74, 6) is 0.506. The van der Waals surface area contributed by atoms with E-state index in [0.717, 1.165) is 26.2 Å². The van der Waals surface area contributed by atoms with Crippen molar-refractivity contribution < 1.29 is 9.53 Å². The number of nitrogens with one attached hydrogen (secondary N) is 1. The number of rotatable bonds is 5. The van der Waals surface area contributed by atoms with Crippen LogP contribution < -0.4 is 10.2 Å². The van der Waals surface area contributed by atoms with Crippen LogP contribution in [0.15, 0.2) is 24.3 Å². The van der Waals surface area contributed by atoms with Crippen LogP contribution in [0.25, 0.3) is 0 Å². The maximum absolute atomic E-state index is 12.0. The second-order valence-corrected chi connectivity index (χ2v) is 5.91. The molecule has 122 valence electrons. The summed E-state index contributed by atoms with van der Waals surface area (Å²) in [7, 11) is 1.64. The second kappa shape index (κ2) is 8.03. The molecular formula is C17H27N3O2. The molecule has 0 saturated carbocycles. The number of ether oxygens (including phenoxy) is 1. The molecule has 1 fully saturated rings. The Morgan fingerprint density at radius 1 is 1.23 bits per heavy atom. The summed E-state index contributed by atoms with van der Waals surface area (Å²) in [6.45, 7) is 8.81. The highest BCUT2D eigenvalue weighted by atomic mass is 16.5. The zero-order valence-electron chi connectivity index (χ0n) is 13.8. The van der Waals surface area contributed by atoms with Crippen molar-refractivity contribution in [3.8, 4) is 0 Å². The molecule has 0 radical (unpaired) electrons. The molecule has 5 nitrogen and oxygen atoms in total. The number of nitrogens with zero attached hydrogens (tertiary/aromatic N) is 2. The lowest BCUT2D eigenvalue weighted by atomic mass is 10.00. The van der Waals surface area contributed by atoms with Crippen LogP contribution in [0, 0.1) is 0 Å². The smallest absolute Gasteiger partial charge is 0.317 e. The van der Waals surface area contributed by atoms with E-state index >= 15 is 0 Å². The zero-order chi connectivity index (χ0) is 15.9. The van der Waals surface area contributed by atoms with Crippen molar-refractivity contribution in [2.24, 2.45) is 0 Å². The first-order valence-electron chi connectivity index (χ1n) is 7.99. The van der Waals surface area contributed by atoms with Crippen LogP contribution in [0.1, 0.15) is 25.3 Å². The Balaban J connectivity index is 1.91. The van der Waals surface area contributed by atoms with Gasteiger partial charge in [0.15, 0.2) is 0 Å². The minimum Gasteiger partial charge on any atom is -0.383 e. The molecule has 0 aromatic heterocycles. The molecule has 0 atom stereocenters. The first-order valence-corrected chi connectivity index (χ1v) is 7.99. The Morgan fingerprint density at radius 2 is 1.91 bits per heavy atom. The van der Waals surface area contributed by atoms with E-state index in [-0.39, 0.29) is 6.03 Å². The molecule has 22 heavy (non-hydrogen) atoms. The van der Waals surface area contributed by atoms with Crippen LogP contribution >= 0.6 is 0 Å². The zero-order valence-corrected chi connectivity index (χ0v) is 13.8. The number of amides is 2. The SMILES string of the molecule is COCCNC(=O)N1CCN(c2ccccc2C(C)C)CC1. The van der Waals surface area contributed by atoms with E-state index < -0.39 is 0 Å². The number of carbonyl (C=O) groups is 1. The number of anilines is 1. The van der Waals surface area contributed by atoms with Crippen LogP contribution in [0.3, 0.4) is 0 Å². The molecule has 1 aliphatic heterocycles. The molecule has 0 bridgehead atoms. The molecule has 1 aliphatic rings. The molecule has 1 saturated heterocycles. The summed E-state index contributed by atoms with van der Waals surface area (Å²) in [5, 5.41) is 2.88. The molecule has 1 aromatic carbocycles. The number of carbonyl (C=O) groups excluding carboxylic acids is 1. The van der Waals surface area contributed by atoms with E-state index in [1.165, 1.54) is 11.3 Å². The second-order valence-electron chi connectivity index (χ2n) is 5.91. The lowest BCUT2D eigenvalue weighted by Crippen LogP contribution is -2.52. The van der Waals surface area contributed by atoms with Gasteiger partial charge in [-0.2, -0.15) is 0 Å². The summed E-state index contributed by atoms with van der Waals surface area (Å²) in [4.78, 5) is 16.3. The van der Waals surface area contributed by atoms with Crippen LogP contribution in [0.4, 0.5) is 10.5 Å². The Hall–Kier alpha value is -1.75. The molecule has 0 spiro atoms. The summed E-state index contributed by atoms with van der Waals surface area (Å²) < 4.78 is 4.95. The quantitative estimate of drug-likeness (QED) is 0.849. The number of benzene rings is 1. The lowest BCUT2D eigenvalue weighted by Gasteiger charge is -2.37. The number of urea groups is 1. The van der Waals surface area contributed by atoms with Crippen molar-refractivity contribution in [2.45, 2.75) is 19.8 Å². The number of hydrogen-bond acceptors (Lipinski definition) is 3. The summed E-state index contributed by atoms with van der Waals surface area (Å²) in [5.41, 5.74) is 2.68. The largest absolute Gasteiger partial charge is 0.383 e. The fraction of sp³-hybridized carbons (Fsp3) is 0.588. The van der Waals surface area contributed by atoms with E-state index in [1.807, 2.05) is 4.90 Å². The van der Waals surface area contributed by atoms with E-state index in [1.54, 1.807) is 7.11 Å². The van der Waals surface area contributed by atoms with Gasteiger partial charge < -0.3 is 19.9 Å². The number of methoxy groups -OCH3 is 1. The Bertz CT molecular complexity index is 483. The molecule has 1 N–H and O–H groups in total. The van der Waals surface area contributed by atoms with Crippen LogP contribution in [-0.4, -0.2) is 57.4 Å².